The van der Waals surface area contributed by atoms with Crippen LogP contribution in [0.15, 0.2) is 29.6 Å². The number of thiazole rings is 1. The molecule has 2 heterocycles. The van der Waals surface area contributed by atoms with E-state index >= 15 is 0 Å². The monoisotopic (exact) mass is 369 g/mol. The minimum Gasteiger partial charge on any atom is -0.336 e. The number of hydrogen-bond acceptors (Lipinski definition) is 4. The fourth-order valence-corrected chi connectivity index (χ4v) is 3.52. The minimum absolute atomic E-state index is 0.121. The van der Waals surface area contributed by atoms with Crippen molar-refractivity contribution in [2.75, 3.05) is 33.2 Å². The Morgan fingerprint density at radius 3 is 2.52 bits per heavy atom. The van der Waals surface area contributed by atoms with Crippen LogP contribution in [0.25, 0.3) is 10.6 Å². The number of halogens is 3. The predicted octanol–water partition coefficient (Wildman–Crippen LogP) is 3.61. The second kappa shape index (κ2) is 7.13. The molecule has 0 N–H and O–H groups in total. The van der Waals surface area contributed by atoms with E-state index in [0.29, 0.717) is 29.4 Å². The molecule has 0 spiro atoms. The first kappa shape index (κ1) is 17.9. The molecule has 1 saturated heterocycles. The Kier molecular flexibility index (Phi) is 5.10. The smallest absolute Gasteiger partial charge is 0.336 e. The minimum atomic E-state index is -4.36. The van der Waals surface area contributed by atoms with Crippen LogP contribution in [0.2, 0.25) is 0 Å². The number of carbonyl (C=O) groups excluding carboxylic acids is 1. The number of benzene rings is 1. The summed E-state index contributed by atoms with van der Waals surface area (Å²) in [7, 11) is 2.03. The molecule has 25 heavy (non-hydrogen) atoms. The fourth-order valence-electron chi connectivity index (χ4n) is 2.72. The van der Waals surface area contributed by atoms with Crippen molar-refractivity contribution in [3.05, 3.63) is 40.9 Å². The molecule has 0 saturated carbocycles. The topological polar surface area (TPSA) is 36.4 Å². The van der Waals surface area contributed by atoms with Crippen LogP contribution in [0, 0.1) is 0 Å². The lowest BCUT2D eigenvalue weighted by Gasteiger charge is -2.19. The second-order valence-corrected chi connectivity index (χ2v) is 6.92. The first-order valence-electron chi connectivity index (χ1n) is 7.95. The van der Waals surface area contributed by atoms with Gasteiger partial charge in [0.25, 0.3) is 5.91 Å². The first-order chi connectivity index (χ1) is 11.8. The van der Waals surface area contributed by atoms with Crippen molar-refractivity contribution in [1.82, 2.24) is 14.8 Å². The van der Waals surface area contributed by atoms with Crippen molar-refractivity contribution in [1.29, 1.82) is 0 Å². The highest BCUT2D eigenvalue weighted by atomic mass is 32.1. The zero-order chi connectivity index (χ0) is 18.0. The van der Waals surface area contributed by atoms with Gasteiger partial charge in [0.05, 0.1) is 5.56 Å². The lowest BCUT2D eigenvalue weighted by Crippen LogP contribution is -2.34. The number of nitrogens with zero attached hydrogens (tertiary/aromatic N) is 3. The van der Waals surface area contributed by atoms with Crippen molar-refractivity contribution in [2.24, 2.45) is 0 Å². The lowest BCUT2D eigenvalue weighted by molar-refractivity contribution is -0.137. The van der Waals surface area contributed by atoms with Crippen molar-refractivity contribution in [3.8, 4) is 10.6 Å². The molecule has 1 aromatic carbocycles. The third-order valence-electron chi connectivity index (χ3n) is 4.19. The van der Waals surface area contributed by atoms with Gasteiger partial charge in [0, 0.05) is 30.6 Å². The zero-order valence-electron chi connectivity index (χ0n) is 13.7. The van der Waals surface area contributed by atoms with Crippen molar-refractivity contribution in [3.63, 3.8) is 0 Å². The molecule has 0 radical (unpaired) electrons. The maximum Gasteiger partial charge on any atom is 0.416 e. The van der Waals surface area contributed by atoms with Gasteiger partial charge in [-0.25, -0.2) is 4.98 Å². The summed E-state index contributed by atoms with van der Waals surface area (Å²) in [6, 6.07) is 4.83. The Hall–Kier alpha value is -1.93. The number of amides is 1. The number of alkyl halides is 3. The number of likely N-dealkylation sites (N-methyl/N-ethyl adjacent to an activating group) is 1. The van der Waals surface area contributed by atoms with Gasteiger partial charge in [-0.15, -0.1) is 11.3 Å². The van der Waals surface area contributed by atoms with Gasteiger partial charge >= 0.3 is 6.18 Å². The number of aromatic nitrogens is 1. The maximum atomic E-state index is 12.6. The first-order valence-corrected chi connectivity index (χ1v) is 8.83. The van der Waals surface area contributed by atoms with Crippen LogP contribution in [0.4, 0.5) is 13.2 Å². The molecule has 2 aromatic rings. The number of carbonyl (C=O) groups is 1. The molecule has 1 amide bonds. The molecular weight excluding hydrogens is 351 g/mol. The third kappa shape index (κ3) is 4.19. The van der Waals surface area contributed by atoms with E-state index in [9.17, 15) is 18.0 Å². The molecule has 0 bridgehead atoms. The van der Waals surface area contributed by atoms with Gasteiger partial charge < -0.3 is 9.80 Å². The fraction of sp³-hybridized carbons (Fsp3) is 0.412. The predicted molar refractivity (Wildman–Crippen MR) is 90.6 cm³/mol. The van der Waals surface area contributed by atoms with Crippen LogP contribution in [-0.2, 0) is 6.18 Å². The molecule has 3 rings (SSSR count). The highest BCUT2D eigenvalue weighted by Gasteiger charge is 2.30. The summed E-state index contributed by atoms with van der Waals surface area (Å²) in [5.74, 6) is -0.121. The summed E-state index contributed by atoms with van der Waals surface area (Å²) in [6.45, 7) is 3.12. The molecule has 0 aliphatic carbocycles. The van der Waals surface area contributed by atoms with E-state index in [-0.39, 0.29) is 5.91 Å². The van der Waals surface area contributed by atoms with Crippen LogP contribution >= 0.6 is 11.3 Å². The third-order valence-corrected chi connectivity index (χ3v) is 5.08. The Bertz CT molecular complexity index is 742. The van der Waals surface area contributed by atoms with E-state index in [1.165, 1.54) is 23.5 Å². The SMILES string of the molecule is CN1CCCN(C(=O)c2csc(-c3ccc(C(F)(F)F)cc3)n2)CC1. The van der Waals surface area contributed by atoms with Crippen LogP contribution < -0.4 is 0 Å². The van der Waals surface area contributed by atoms with Gasteiger partial charge in [-0.2, -0.15) is 13.2 Å². The average molecular weight is 369 g/mol. The Morgan fingerprint density at radius 1 is 1.12 bits per heavy atom. The summed E-state index contributed by atoms with van der Waals surface area (Å²) in [6.07, 6.45) is -3.44. The second-order valence-electron chi connectivity index (χ2n) is 6.06. The van der Waals surface area contributed by atoms with Crippen molar-refractivity contribution >= 4 is 17.2 Å². The van der Waals surface area contributed by atoms with E-state index in [2.05, 4.69) is 9.88 Å². The van der Waals surface area contributed by atoms with Gasteiger partial charge in [-0.05, 0) is 32.1 Å². The van der Waals surface area contributed by atoms with Crippen LogP contribution in [0.3, 0.4) is 0 Å². The molecule has 1 aliphatic heterocycles. The summed E-state index contributed by atoms with van der Waals surface area (Å²) >= 11 is 1.26. The molecule has 1 aromatic heterocycles. The number of rotatable bonds is 2. The van der Waals surface area contributed by atoms with E-state index < -0.39 is 11.7 Å². The van der Waals surface area contributed by atoms with Crippen molar-refractivity contribution < 1.29 is 18.0 Å². The van der Waals surface area contributed by atoms with Crippen LogP contribution in [0.5, 0.6) is 0 Å². The zero-order valence-corrected chi connectivity index (χ0v) is 14.5. The Labute approximate surface area is 147 Å². The lowest BCUT2D eigenvalue weighted by atomic mass is 10.1. The van der Waals surface area contributed by atoms with Crippen LogP contribution in [0.1, 0.15) is 22.5 Å². The maximum absolute atomic E-state index is 12.6. The Balaban J connectivity index is 1.74. The standard InChI is InChI=1S/C17H18F3N3OS/c1-22-7-2-8-23(10-9-22)16(24)14-11-25-15(21-14)12-3-5-13(6-4-12)17(18,19)20/h3-6,11H,2,7-10H2,1H3. The van der Waals surface area contributed by atoms with E-state index in [1.54, 1.807) is 10.3 Å². The Morgan fingerprint density at radius 2 is 1.84 bits per heavy atom. The molecule has 134 valence electrons. The highest BCUT2D eigenvalue weighted by molar-refractivity contribution is 7.13. The largest absolute Gasteiger partial charge is 0.416 e. The summed E-state index contributed by atoms with van der Waals surface area (Å²) in [4.78, 5) is 20.9. The summed E-state index contributed by atoms with van der Waals surface area (Å²) in [5, 5.41) is 2.22. The normalized spacial score (nSPS) is 16.7. The van der Waals surface area contributed by atoms with Gasteiger partial charge in [0.2, 0.25) is 0 Å². The van der Waals surface area contributed by atoms with E-state index in [4.69, 9.17) is 0 Å². The molecule has 0 atom stereocenters. The van der Waals surface area contributed by atoms with Crippen molar-refractivity contribution in [2.45, 2.75) is 12.6 Å². The van der Waals surface area contributed by atoms with Gasteiger partial charge in [0.15, 0.2) is 0 Å². The molecule has 1 fully saturated rings. The quantitative estimate of drug-likeness (QED) is 0.812. The number of hydrogen-bond donors (Lipinski definition) is 0. The average Bonchev–Trinajstić information content (AvgIpc) is 2.97. The summed E-state index contributed by atoms with van der Waals surface area (Å²) < 4.78 is 37.9. The van der Waals surface area contributed by atoms with Gasteiger partial charge in [-0.1, -0.05) is 12.1 Å². The highest BCUT2D eigenvalue weighted by Crippen LogP contribution is 2.31. The molecule has 8 heteroatoms. The van der Waals surface area contributed by atoms with Crippen LogP contribution in [-0.4, -0.2) is 53.9 Å². The summed E-state index contributed by atoms with van der Waals surface area (Å²) in [5.41, 5.74) is 0.231. The molecule has 0 unspecified atom stereocenters. The molecule has 4 nitrogen and oxygen atoms in total. The van der Waals surface area contributed by atoms with E-state index in [1.807, 2.05) is 7.05 Å². The molecular formula is C17H18F3N3OS. The molecule has 1 aliphatic rings. The van der Waals surface area contributed by atoms with Gasteiger partial charge in [0.1, 0.15) is 10.7 Å². The van der Waals surface area contributed by atoms with Gasteiger partial charge in [-0.3, -0.25) is 4.79 Å². The van der Waals surface area contributed by atoms with E-state index in [0.717, 1.165) is 31.6 Å².